The second kappa shape index (κ2) is 11.1. The number of hydrazine groups is 1. The zero-order valence-electron chi connectivity index (χ0n) is 19.9. The molecule has 5 rings (SSSR count). The highest BCUT2D eigenvalue weighted by Gasteiger charge is 2.30. The number of hydrogen-bond acceptors (Lipinski definition) is 7. The fraction of sp³-hybridized carbons (Fsp3) is 0.560. The van der Waals surface area contributed by atoms with Gasteiger partial charge in [0.05, 0.1) is 4.91 Å². The third-order valence-electron chi connectivity index (χ3n) is 7.04. The van der Waals surface area contributed by atoms with Gasteiger partial charge in [-0.2, -0.15) is 4.99 Å². The number of carbonyl (C=O) groups is 2. The molecule has 0 bridgehead atoms. The first-order valence-corrected chi connectivity index (χ1v) is 13.4. The number of amidine groups is 1. The molecule has 0 unspecified atom stereocenters. The van der Waals surface area contributed by atoms with Crippen molar-refractivity contribution >= 4 is 35.0 Å². The second-order valence-corrected chi connectivity index (χ2v) is 10.5. The number of halogens is 1. The number of nitrogens with one attached hydrogen (secondary N) is 1. The van der Waals surface area contributed by atoms with Crippen LogP contribution in [0.2, 0.25) is 0 Å². The molecule has 0 atom stereocenters. The lowest BCUT2D eigenvalue weighted by Crippen LogP contribution is -2.48. The Kier molecular flexibility index (Phi) is 7.69. The third-order valence-corrected chi connectivity index (χ3v) is 8.05. The van der Waals surface area contributed by atoms with Gasteiger partial charge >= 0.3 is 6.09 Å². The molecule has 4 heterocycles. The molecule has 1 aromatic rings. The number of ether oxygens (including phenoxy) is 1. The molecular formula is C25H32FN5O3S. The number of thioether (sulfide) groups is 1. The SMILES string of the molecule is O=C1N=C(N2CCCCN2)S/C1=C/c1ccc(F)cc1OC(=O)N1CCC(N2CCCCC2)CC1. The van der Waals surface area contributed by atoms with Crippen LogP contribution in [0.5, 0.6) is 5.75 Å². The van der Waals surface area contributed by atoms with E-state index in [1.165, 1.54) is 49.2 Å². The van der Waals surface area contributed by atoms with Gasteiger partial charge in [0.25, 0.3) is 5.91 Å². The van der Waals surface area contributed by atoms with Gasteiger partial charge < -0.3 is 14.5 Å². The number of nitrogens with zero attached hydrogens (tertiary/aromatic N) is 4. The Morgan fingerprint density at radius 1 is 1.09 bits per heavy atom. The summed E-state index contributed by atoms with van der Waals surface area (Å²) in [6.45, 7) is 5.18. The quantitative estimate of drug-likeness (QED) is 0.631. The molecule has 0 radical (unpaired) electrons. The summed E-state index contributed by atoms with van der Waals surface area (Å²) in [6, 6.07) is 4.54. The summed E-state index contributed by atoms with van der Waals surface area (Å²) in [4.78, 5) is 34.2. The number of rotatable bonds is 3. The second-order valence-electron chi connectivity index (χ2n) is 9.44. The van der Waals surface area contributed by atoms with Crippen molar-refractivity contribution in [2.45, 2.75) is 51.0 Å². The molecule has 1 N–H and O–H groups in total. The molecule has 0 aliphatic carbocycles. The molecule has 0 saturated carbocycles. The average Bonchev–Trinajstić information content (AvgIpc) is 3.27. The summed E-state index contributed by atoms with van der Waals surface area (Å²) in [6.07, 6.45) is 8.92. The summed E-state index contributed by atoms with van der Waals surface area (Å²) in [7, 11) is 0. The summed E-state index contributed by atoms with van der Waals surface area (Å²) in [5.41, 5.74) is 3.72. The predicted molar refractivity (Wildman–Crippen MR) is 134 cm³/mol. The van der Waals surface area contributed by atoms with Crippen molar-refractivity contribution < 1.29 is 18.7 Å². The Hall–Kier alpha value is -2.43. The van der Waals surface area contributed by atoms with E-state index < -0.39 is 11.9 Å². The van der Waals surface area contributed by atoms with Crippen molar-refractivity contribution in [2.75, 3.05) is 39.3 Å². The lowest BCUT2D eigenvalue weighted by Gasteiger charge is -2.39. The maximum Gasteiger partial charge on any atom is 0.415 e. The van der Waals surface area contributed by atoms with Gasteiger partial charge in [0.15, 0.2) is 5.17 Å². The molecular weight excluding hydrogens is 469 g/mol. The highest BCUT2D eigenvalue weighted by atomic mass is 32.2. The van der Waals surface area contributed by atoms with Gasteiger partial charge in [0, 0.05) is 43.9 Å². The van der Waals surface area contributed by atoms with Crippen molar-refractivity contribution in [3.05, 3.63) is 34.5 Å². The maximum atomic E-state index is 14.1. The van der Waals surface area contributed by atoms with E-state index in [0.29, 0.717) is 34.8 Å². The molecule has 10 heteroatoms. The number of carbonyl (C=O) groups excluding carboxylic acids is 2. The van der Waals surface area contributed by atoms with Crippen molar-refractivity contribution in [2.24, 2.45) is 4.99 Å². The summed E-state index contributed by atoms with van der Waals surface area (Å²) in [5, 5.41) is 2.50. The number of amides is 2. The van der Waals surface area contributed by atoms with Crippen molar-refractivity contribution in [1.82, 2.24) is 20.2 Å². The van der Waals surface area contributed by atoms with Crippen LogP contribution >= 0.6 is 11.8 Å². The van der Waals surface area contributed by atoms with E-state index >= 15 is 0 Å². The highest BCUT2D eigenvalue weighted by molar-refractivity contribution is 8.18. The van der Waals surface area contributed by atoms with E-state index in [1.54, 1.807) is 11.0 Å². The first-order chi connectivity index (χ1) is 17.1. The van der Waals surface area contributed by atoms with E-state index in [9.17, 15) is 14.0 Å². The minimum atomic E-state index is -0.501. The van der Waals surface area contributed by atoms with Crippen LogP contribution in [0.1, 0.15) is 50.5 Å². The van der Waals surface area contributed by atoms with Crippen LogP contribution in [0.3, 0.4) is 0 Å². The van der Waals surface area contributed by atoms with Gasteiger partial charge in [0.2, 0.25) is 0 Å². The molecule has 3 saturated heterocycles. The Balaban J connectivity index is 1.23. The van der Waals surface area contributed by atoms with Gasteiger partial charge in [-0.1, -0.05) is 6.42 Å². The molecule has 35 heavy (non-hydrogen) atoms. The van der Waals surface area contributed by atoms with Crippen LogP contribution in [0.25, 0.3) is 6.08 Å². The summed E-state index contributed by atoms with van der Waals surface area (Å²) in [5.74, 6) is -0.740. The van der Waals surface area contributed by atoms with E-state index in [4.69, 9.17) is 4.74 Å². The molecule has 4 aliphatic heterocycles. The Morgan fingerprint density at radius 2 is 1.86 bits per heavy atom. The van der Waals surface area contributed by atoms with Crippen LogP contribution in [0.4, 0.5) is 9.18 Å². The zero-order chi connectivity index (χ0) is 24.2. The van der Waals surface area contributed by atoms with Crippen molar-refractivity contribution in [1.29, 1.82) is 0 Å². The Labute approximate surface area is 209 Å². The number of aliphatic imine (C=N–C) groups is 1. The minimum Gasteiger partial charge on any atom is -0.409 e. The standard InChI is InChI=1S/C25H32FN5O3S/c26-19-7-6-18(16-22-23(32)28-24(35-22)31-13-5-2-10-27-31)21(17-19)34-25(33)30-14-8-20(9-15-30)29-11-3-1-4-12-29/h6-7,16-17,20,27H,1-5,8-15H2/b22-16+. The smallest absolute Gasteiger partial charge is 0.409 e. The molecule has 188 valence electrons. The number of hydrogen-bond donors (Lipinski definition) is 1. The van der Waals surface area contributed by atoms with Gasteiger partial charge in [0.1, 0.15) is 11.6 Å². The largest absolute Gasteiger partial charge is 0.415 e. The first-order valence-electron chi connectivity index (χ1n) is 12.6. The third kappa shape index (κ3) is 5.87. The van der Waals surface area contributed by atoms with Crippen LogP contribution in [-0.4, -0.2) is 77.3 Å². The summed E-state index contributed by atoms with van der Waals surface area (Å²) >= 11 is 1.27. The van der Waals surface area contributed by atoms with Crippen LogP contribution in [0, 0.1) is 5.82 Å². The van der Waals surface area contributed by atoms with Crippen LogP contribution < -0.4 is 10.2 Å². The molecule has 0 aromatic heterocycles. The molecule has 3 fully saturated rings. The zero-order valence-corrected chi connectivity index (χ0v) is 20.7. The lowest BCUT2D eigenvalue weighted by atomic mass is 10.0. The molecule has 4 aliphatic rings. The first kappa shape index (κ1) is 24.3. The Morgan fingerprint density at radius 3 is 2.60 bits per heavy atom. The summed E-state index contributed by atoms with van der Waals surface area (Å²) < 4.78 is 19.7. The normalized spacial score (nSPS) is 23.6. The number of piperidine rings is 2. The molecule has 2 amide bonds. The maximum absolute atomic E-state index is 14.1. The van der Waals surface area contributed by atoms with E-state index in [2.05, 4.69) is 15.3 Å². The minimum absolute atomic E-state index is 0.110. The lowest BCUT2D eigenvalue weighted by molar-refractivity contribution is -0.113. The van der Waals surface area contributed by atoms with Crippen LogP contribution in [0.15, 0.2) is 28.1 Å². The van der Waals surface area contributed by atoms with Gasteiger partial charge in [-0.25, -0.2) is 14.6 Å². The van der Waals surface area contributed by atoms with Crippen molar-refractivity contribution in [3.63, 3.8) is 0 Å². The van der Waals surface area contributed by atoms with Crippen LogP contribution in [-0.2, 0) is 4.79 Å². The van der Waals surface area contributed by atoms with E-state index in [1.807, 2.05) is 5.01 Å². The Bertz CT molecular complexity index is 1010. The number of benzene rings is 1. The topological polar surface area (TPSA) is 77.5 Å². The van der Waals surface area contributed by atoms with Gasteiger partial charge in [-0.05, 0) is 81.6 Å². The van der Waals surface area contributed by atoms with Gasteiger partial charge in [-0.15, -0.1) is 0 Å². The molecule has 0 spiro atoms. The number of likely N-dealkylation sites (tertiary alicyclic amines) is 2. The average molecular weight is 502 g/mol. The highest BCUT2D eigenvalue weighted by Crippen LogP contribution is 2.33. The fourth-order valence-corrected chi connectivity index (χ4v) is 5.99. The molecule has 1 aromatic carbocycles. The van der Waals surface area contributed by atoms with E-state index in [-0.39, 0.29) is 11.7 Å². The predicted octanol–water partition coefficient (Wildman–Crippen LogP) is 3.85. The monoisotopic (exact) mass is 501 g/mol. The van der Waals surface area contributed by atoms with Crippen molar-refractivity contribution in [3.8, 4) is 5.75 Å². The fourth-order valence-electron chi connectivity index (χ4n) is 5.08. The molecule has 8 nitrogen and oxygen atoms in total. The van der Waals surface area contributed by atoms with E-state index in [0.717, 1.165) is 51.9 Å². The van der Waals surface area contributed by atoms with Gasteiger partial charge in [-0.3, -0.25) is 9.80 Å².